The van der Waals surface area contributed by atoms with Gasteiger partial charge in [0, 0.05) is 19.0 Å². The predicted octanol–water partition coefficient (Wildman–Crippen LogP) is 0.703. The Bertz CT molecular complexity index is 290. The number of carbonyl (C=O) groups excluding carboxylic acids is 1. The van der Waals surface area contributed by atoms with Gasteiger partial charge in [-0.3, -0.25) is 9.69 Å². The van der Waals surface area contributed by atoms with Crippen molar-refractivity contribution in [2.24, 2.45) is 0 Å². The summed E-state index contributed by atoms with van der Waals surface area (Å²) in [5.74, 6) is -0.226. The van der Waals surface area contributed by atoms with Crippen molar-refractivity contribution in [2.75, 3.05) is 13.7 Å². The van der Waals surface area contributed by atoms with E-state index in [4.69, 9.17) is 4.74 Å². The smallest absolute Gasteiger partial charge is 0.323 e. The molecule has 1 heterocycles. The van der Waals surface area contributed by atoms with E-state index in [0.29, 0.717) is 13.0 Å². The van der Waals surface area contributed by atoms with Crippen LogP contribution in [0.15, 0.2) is 12.2 Å². The summed E-state index contributed by atoms with van der Waals surface area (Å²) in [6, 6.07) is 0.0164. The van der Waals surface area contributed by atoms with Crippen molar-refractivity contribution in [3.63, 3.8) is 0 Å². The van der Waals surface area contributed by atoms with E-state index >= 15 is 0 Å². The summed E-state index contributed by atoms with van der Waals surface area (Å²) >= 11 is 0. The molecule has 90 valence electrons. The van der Waals surface area contributed by atoms with Crippen molar-refractivity contribution < 1.29 is 14.6 Å². The summed E-state index contributed by atoms with van der Waals surface area (Å²) in [4.78, 5) is 13.7. The monoisotopic (exact) mass is 225 g/mol. The number of likely N-dealkylation sites (tertiary alicyclic amines) is 1. The van der Waals surface area contributed by atoms with Crippen LogP contribution in [0.4, 0.5) is 0 Å². The molecule has 1 aliphatic carbocycles. The number of β-amino-alcohol motifs (C(OH)–C–C–N with tert-alkyl or cyclic N) is 1. The number of allylic oxidation sites excluding steroid dienone is 1. The molecule has 1 N–H and O–H groups in total. The first-order chi connectivity index (χ1) is 7.72. The molecule has 0 spiro atoms. The average Bonchev–Trinajstić information content (AvgIpc) is 2.71. The number of carbonyl (C=O) groups is 1. The van der Waals surface area contributed by atoms with Gasteiger partial charge in [-0.25, -0.2) is 0 Å². The van der Waals surface area contributed by atoms with E-state index < -0.39 is 6.10 Å². The Labute approximate surface area is 95.9 Å². The fourth-order valence-corrected chi connectivity index (χ4v) is 2.64. The Morgan fingerprint density at radius 2 is 2.38 bits per heavy atom. The Kier molecular flexibility index (Phi) is 3.61. The molecule has 3 atom stereocenters. The fraction of sp³-hybridized carbons (Fsp3) is 0.750. The third-order valence-electron chi connectivity index (χ3n) is 3.45. The van der Waals surface area contributed by atoms with E-state index in [1.54, 1.807) is 0 Å². The Balaban J connectivity index is 2.08. The molecule has 0 saturated carbocycles. The van der Waals surface area contributed by atoms with Crippen molar-refractivity contribution >= 4 is 5.97 Å². The van der Waals surface area contributed by atoms with Crippen molar-refractivity contribution in [1.29, 1.82) is 0 Å². The summed E-state index contributed by atoms with van der Waals surface area (Å²) in [6.07, 6.45) is 7.75. The van der Waals surface area contributed by atoms with Crippen LogP contribution in [0.3, 0.4) is 0 Å². The molecule has 4 heteroatoms. The molecule has 1 fully saturated rings. The summed E-state index contributed by atoms with van der Waals surface area (Å²) < 4.78 is 4.79. The van der Waals surface area contributed by atoms with Crippen LogP contribution in [0.2, 0.25) is 0 Å². The van der Waals surface area contributed by atoms with E-state index in [1.807, 2.05) is 0 Å². The highest BCUT2D eigenvalue weighted by molar-refractivity contribution is 5.76. The number of ether oxygens (including phenoxy) is 1. The van der Waals surface area contributed by atoms with Crippen LogP contribution in [0.1, 0.15) is 25.7 Å². The molecule has 0 aromatic heterocycles. The zero-order valence-corrected chi connectivity index (χ0v) is 9.63. The molecule has 1 saturated heterocycles. The lowest BCUT2D eigenvalue weighted by Crippen LogP contribution is -2.43. The van der Waals surface area contributed by atoms with Crippen LogP contribution in [0.25, 0.3) is 0 Å². The van der Waals surface area contributed by atoms with Gasteiger partial charge in [0.2, 0.25) is 0 Å². The van der Waals surface area contributed by atoms with Gasteiger partial charge in [0.1, 0.15) is 6.04 Å². The Hall–Kier alpha value is -0.870. The van der Waals surface area contributed by atoms with E-state index in [2.05, 4.69) is 17.1 Å². The molecule has 0 aromatic rings. The molecular formula is C12H19NO3. The predicted molar refractivity (Wildman–Crippen MR) is 59.9 cm³/mol. The number of aliphatic hydroxyl groups excluding tert-OH is 1. The molecule has 16 heavy (non-hydrogen) atoms. The zero-order chi connectivity index (χ0) is 11.5. The van der Waals surface area contributed by atoms with Gasteiger partial charge in [-0.05, 0) is 19.3 Å². The second-order valence-electron chi connectivity index (χ2n) is 4.55. The summed E-state index contributed by atoms with van der Waals surface area (Å²) in [7, 11) is 1.40. The van der Waals surface area contributed by atoms with Crippen molar-refractivity contribution in [3.05, 3.63) is 12.2 Å². The van der Waals surface area contributed by atoms with Crippen LogP contribution >= 0.6 is 0 Å². The lowest BCUT2D eigenvalue weighted by molar-refractivity contribution is -0.146. The number of methoxy groups -OCH3 is 1. The summed E-state index contributed by atoms with van der Waals surface area (Å²) in [6.45, 7) is 0.578. The summed E-state index contributed by atoms with van der Waals surface area (Å²) in [5.41, 5.74) is 0. The molecule has 3 unspecified atom stereocenters. The van der Waals surface area contributed by atoms with Crippen molar-refractivity contribution in [1.82, 2.24) is 4.90 Å². The fourth-order valence-electron chi connectivity index (χ4n) is 2.64. The Morgan fingerprint density at radius 1 is 1.56 bits per heavy atom. The van der Waals surface area contributed by atoms with Gasteiger partial charge in [-0.15, -0.1) is 0 Å². The van der Waals surface area contributed by atoms with Gasteiger partial charge in [0.05, 0.1) is 13.2 Å². The molecule has 2 aliphatic rings. The van der Waals surface area contributed by atoms with Crippen LogP contribution in [-0.4, -0.2) is 47.8 Å². The van der Waals surface area contributed by atoms with Crippen LogP contribution in [0, 0.1) is 0 Å². The van der Waals surface area contributed by atoms with Crippen LogP contribution in [0.5, 0.6) is 0 Å². The topological polar surface area (TPSA) is 49.8 Å². The normalized spacial score (nSPS) is 35.2. The van der Waals surface area contributed by atoms with Gasteiger partial charge in [0.25, 0.3) is 0 Å². The number of hydrogen-bond donors (Lipinski definition) is 1. The first-order valence-electron chi connectivity index (χ1n) is 5.90. The second kappa shape index (κ2) is 4.97. The zero-order valence-electron chi connectivity index (χ0n) is 9.63. The maximum atomic E-state index is 11.6. The minimum absolute atomic E-state index is 0.226. The van der Waals surface area contributed by atoms with E-state index in [0.717, 1.165) is 19.3 Å². The minimum atomic E-state index is -0.403. The third-order valence-corrected chi connectivity index (χ3v) is 3.45. The highest BCUT2D eigenvalue weighted by Crippen LogP contribution is 2.26. The number of nitrogens with zero attached hydrogens (tertiary/aromatic N) is 1. The van der Waals surface area contributed by atoms with Crippen molar-refractivity contribution in [3.8, 4) is 0 Å². The maximum absolute atomic E-state index is 11.6. The van der Waals surface area contributed by atoms with Gasteiger partial charge in [-0.2, -0.15) is 0 Å². The first kappa shape index (κ1) is 11.6. The quantitative estimate of drug-likeness (QED) is 0.555. The largest absolute Gasteiger partial charge is 0.468 e. The van der Waals surface area contributed by atoms with Crippen LogP contribution < -0.4 is 0 Å². The standard InChI is InChI=1S/C12H19NO3/c1-16-12(15)11-7-10(14)8-13(11)9-5-3-2-4-6-9/h3,5,9-11,14H,2,4,6-8H2,1H3. The van der Waals surface area contributed by atoms with Crippen molar-refractivity contribution in [2.45, 2.75) is 43.9 Å². The molecule has 2 rings (SSSR count). The first-order valence-corrected chi connectivity index (χ1v) is 5.90. The maximum Gasteiger partial charge on any atom is 0.323 e. The molecular weight excluding hydrogens is 206 g/mol. The minimum Gasteiger partial charge on any atom is -0.468 e. The highest BCUT2D eigenvalue weighted by atomic mass is 16.5. The van der Waals surface area contributed by atoms with Gasteiger partial charge in [0.15, 0.2) is 0 Å². The van der Waals surface area contributed by atoms with Gasteiger partial charge in [-0.1, -0.05) is 12.2 Å². The molecule has 0 bridgehead atoms. The third kappa shape index (κ3) is 2.28. The second-order valence-corrected chi connectivity index (χ2v) is 4.55. The lowest BCUT2D eigenvalue weighted by Gasteiger charge is -2.31. The number of esters is 1. The molecule has 0 amide bonds. The molecule has 0 radical (unpaired) electrons. The Morgan fingerprint density at radius 3 is 3.00 bits per heavy atom. The van der Waals surface area contributed by atoms with Crippen LogP contribution in [-0.2, 0) is 9.53 Å². The lowest BCUT2D eigenvalue weighted by atomic mass is 10.0. The SMILES string of the molecule is COC(=O)C1CC(O)CN1C1C=CCCC1. The number of aliphatic hydroxyl groups is 1. The molecule has 1 aliphatic heterocycles. The number of hydrogen-bond acceptors (Lipinski definition) is 4. The highest BCUT2D eigenvalue weighted by Gasteiger charge is 2.39. The van der Waals surface area contributed by atoms with E-state index in [9.17, 15) is 9.90 Å². The molecule has 4 nitrogen and oxygen atoms in total. The summed E-state index contributed by atoms with van der Waals surface area (Å²) in [5, 5.41) is 9.67. The van der Waals surface area contributed by atoms with E-state index in [-0.39, 0.29) is 18.1 Å². The van der Waals surface area contributed by atoms with E-state index in [1.165, 1.54) is 7.11 Å². The van der Waals surface area contributed by atoms with Gasteiger partial charge < -0.3 is 9.84 Å². The van der Waals surface area contributed by atoms with Gasteiger partial charge >= 0.3 is 5.97 Å². The molecule has 0 aromatic carbocycles. The average molecular weight is 225 g/mol. The number of rotatable bonds is 2.